The summed E-state index contributed by atoms with van der Waals surface area (Å²) in [5.74, 6) is -0.132. The second-order valence-corrected chi connectivity index (χ2v) is 8.37. The molecule has 2 aliphatic heterocycles. The highest BCUT2D eigenvalue weighted by Gasteiger charge is 2.31. The average Bonchev–Trinajstić information content (AvgIpc) is 3.15. The van der Waals surface area contributed by atoms with E-state index in [1.165, 1.54) is 24.3 Å². The monoisotopic (exact) mass is 380 g/mol. The van der Waals surface area contributed by atoms with Crippen LogP contribution in [0.15, 0.2) is 29.2 Å². The Balaban J connectivity index is 1.51. The van der Waals surface area contributed by atoms with E-state index < -0.39 is 10.0 Å². The van der Waals surface area contributed by atoms with E-state index in [0.29, 0.717) is 31.6 Å². The first-order chi connectivity index (χ1) is 12.3. The number of sulfonamides is 1. The number of carbonyl (C=O) groups is 2. The van der Waals surface area contributed by atoms with E-state index in [1.807, 2.05) is 4.90 Å². The van der Waals surface area contributed by atoms with Crippen molar-refractivity contribution in [2.75, 3.05) is 25.0 Å². The minimum absolute atomic E-state index is 0.00263. The summed E-state index contributed by atoms with van der Waals surface area (Å²) < 4.78 is 22.5. The largest absolute Gasteiger partial charge is 0.341 e. The highest BCUT2D eigenvalue weighted by Crippen LogP contribution is 2.22. The fourth-order valence-electron chi connectivity index (χ4n) is 3.45. The van der Waals surface area contributed by atoms with Crippen LogP contribution in [0, 0.1) is 5.92 Å². The molecule has 1 aromatic carbocycles. The number of rotatable bonds is 4. The Morgan fingerprint density at radius 2 is 1.77 bits per heavy atom. The lowest BCUT2D eigenvalue weighted by molar-refractivity contribution is -0.136. The van der Waals surface area contributed by atoms with Crippen molar-refractivity contribution in [1.82, 2.24) is 10.2 Å². The van der Waals surface area contributed by atoms with Crippen LogP contribution in [0.4, 0.5) is 5.69 Å². The van der Waals surface area contributed by atoms with Crippen LogP contribution in [0.1, 0.15) is 25.7 Å². The average molecular weight is 380 g/mol. The van der Waals surface area contributed by atoms with E-state index in [9.17, 15) is 18.0 Å². The lowest BCUT2D eigenvalue weighted by atomic mass is 9.95. The molecule has 3 rings (SSSR count). The van der Waals surface area contributed by atoms with Crippen LogP contribution in [-0.2, 0) is 19.6 Å². The van der Waals surface area contributed by atoms with Gasteiger partial charge in [-0.3, -0.25) is 9.59 Å². The zero-order valence-corrected chi connectivity index (χ0v) is 15.3. The van der Waals surface area contributed by atoms with Gasteiger partial charge in [0.25, 0.3) is 0 Å². The first-order valence-corrected chi connectivity index (χ1v) is 10.3. The Bertz CT molecular complexity index is 764. The molecule has 1 atom stereocenters. The highest BCUT2D eigenvalue weighted by molar-refractivity contribution is 7.89. The first kappa shape index (κ1) is 18.8. The van der Waals surface area contributed by atoms with Crippen LogP contribution in [0.3, 0.4) is 0 Å². The van der Waals surface area contributed by atoms with Gasteiger partial charge in [-0.05, 0) is 56.5 Å². The molecule has 2 amide bonds. The third kappa shape index (κ3) is 4.40. The molecule has 142 valence electrons. The van der Waals surface area contributed by atoms with Crippen LogP contribution in [0.5, 0.6) is 0 Å². The Morgan fingerprint density at radius 3 is 2.31 bits per heavy atom. The van der Waals surface area contributed by atoms with Gasteiger partial charge >= 0.3 is 0 Å². The van der Waals surface area contributed by atoms with E-state index in [1.54, 1.807) is 0 Å². The number of benzene rings is 1. The second kappa shape index (κ2) is 7.73. The molecule has 9 heteroatoms. The van der Waals surface area contributed by atoms with Crippen molar-refractivity contribution in [3.05, 3.63) is 24.3 Å². The van der Waals surface area contributed by atoms with Gasteiger partial charge in [0.05, 0.1) is 10.9 Å². The molecule has 2 saturated heterocycles. The van der Waals surface area contributed by atoms with E-state index in [4.69, 9.17) is 5.14 Å². The van der Waals surface area contributed by atoms with Crippen molar-refractivity contribution in [3.8, 4) is 0 Å². The van der Waals surface area contributed by atoms with E-state index >= 15 is 0 Å². The number of carbonyl (C=O) groups excluding carboxylic acids is 2. The minimum Gasteiger partial charge on any atom is -0.341 e. The second-order valence-electron chi connectivity index (χ2n) is 6.81. The normalized spacial score (nSPS) is 21.6. The summed E-state index contributed by atoms with van der Waals surface area (Å²) in [5, 5.41) is 11.1. The lowest BCUT2D eigenvalue weighted by Crippen LogP contribution is -2.48. The van der Waals surface area contributed by atoms with Gasteiger partial charge in [0.1, 0.15) is 0 Å². The number of nitrogens with zero attached hydrogens (tertiary/aromatic N) is 1. The van der Waals surface area contributed by atoms with Crippen molar-refractivity contribution in [3.63, 3.8) is 0 Å². The third-order valence-electron chi connectivity index (χ3n) is 4.99. The predicted octanol–water partition coefficient (Wildman–Crippen LogP) is 0.263. The molecule has 2 heterocycles. The van der Waals surface area contributed by atoms with Crippen molar-refractivity contribution in [2.45, 2.75) is 36.6 Å². The Hall–Kier alpha value is -1.97. The summed E-state index contributed by atoms with van der Waals surface area (Å²) in [6, 6.07) is 5.68. The molecule has 2 fully saturated rings. The standard InChI is InChI=1S/C17H24N4O4S/c18-26(24,25)14-5-3-13(4-6-14)20-16(22)12-7-10-21(11-8-12)17(23)15-2-1-9-19-15/h3-6,12,15,19H,1-2,7-11H2,(H,20,22)(H2,18,24,25). The topological polar surface area (TPSA) is 122 Å². The Labute approximate surface area is 153 Å². The maximum absolute atomic E-state index is 12.4. The van der Waals surface area contributed by atoms with Gasteiger partial charge in [0.2, 0.25) is 21.8 Å². The van der Waals surface area contributed by atoms with Crippen LogP contribution in [0.25, 0.3) is 0 Å². The lowest BCUT2D eigenvalue weighted by Gasteiger charge is -2.33. The molecule has 4 N–H and O–H groups in total. The Kier molecular flexibility index (Phi) is 5.59. The molecule has 1 aromatic rings. The summed E-state index contributed by atoms with van der Waals surface area (Å²) >= 11 is 0. The molecule has 1 unspecified atom stereocenters. The van der Waals surface area contributed by atoms with Gasteiger partial charge in [0.15, 0.2) is 0 Å². The van der Waals surface area contributed by atoms with E-state index in [2.05, 4.69) is 10.6 Å². The highest BCUT2D eigenvalue weighted by atomic mass is 32.2. The van der Waals surface area contributed by atoms with Gasteiger partial charge in [0, 0.05) is 24.7 Å². The summed E-state index contributed by atoms with van der Waals surface area (Å²) in [6.07, 6.45) is 3.16. The van der Waals surface area contributed by atoms with Crippen molar-refractivity contribution < 1.29 is 18.0 Å². The maximum Gasteiger partial charge on any atom is 0.239 e. The third-order valence-corrected chi connectivity index (χ3v) is 5.92. The summed E-state index contributed by atoms with van der Waals surface area (Å²) in [5.41, 5.74) is 0.524. The van der Waals surface area contributed by atoms with Crippen LogP contribution in [0.2, 0.25) is 0 Å². The fraction of sp³-hybridized carbons (Fsp3) is 0.529. The molecule has 8 nitrogen and oxygen atoms in total. The molecule has 0 aromatic heterocycles. The van der Waals surface area contributed by atoms with Crippen molar-refractivity contribution in [2.24, 2.45) is 11.1 Å². The molecule has 0 radical (unpaired) electrons. The van der Waals surface area contributed by atoms with Gasteiger partial charge in [-0.1, -0.05) is 0 Å². The SMILES string of the molecule is NS(=O)(=O)c1ccc(NC(=O)C2CCN(C(=O)C3CCCN3)CC2)cc1. The number of piperidine rings is 1. The number of hydrogen-bond donors (Lipinski definition) is 3. The molecule has 0 bridgehead atoms. The van der Waals surface area contributed by atoms with Crippen LogP contribution < -0.4 is 15.8 Å². The van der Waals surface area contributed by atoms with Crippen molar-refractivity contribution in [1.29, 1.82) is 0 Å². The van der Waals surface area contributed by atoms with Gasteiger partial charge in [-0.2, -0.15) is 0 Å². The molecular weight excluding hydrogens is 356 g/mol. The number of likely N-dealkylation sites (tertiary alicyclic amines) is 1. The molecule has 26 heavy (non-hydrogen) atoms. The zero-order chi connectivity index (χ0) is 18.7. The quantitative estimate of drug-likeness (QED) is 0.692. The van der Waals surface area contributed by atoms with Crippen LogP contribution >= 0.6 is 0 Å². The van der Waals surface area contributed by atoms with Gasteiger partial charge in [-0.15, -0.1) is 0 Å². The van der Waals surface area contributed by atoms with Gasteiger partial charge < -0.3 is 15.5 Å². The Morgan fingerprint density at radius 1 is 1.12 bits per heavy atom. The number of anilines is 1. The number of hydrogen-bond acceptors (Lipinski definition) is 5. The molecule has 0 spiro atoms. The summed E-state index contributed by atoms with van der Waals surface area (Å²) in [6.45, 7) is 2.05. The fourth-order valence-corrected chi connectivity index (χ4v) is 3.97. The smallest absolute Gasteiger partial charge is 0.239 e. The zero-order valence-electron chi connectivity index (χ0n) is 14.5. The molecule has 0 saturated carbocycles. The summed E-state index contributed by atoms with van der Waals surface area (Å²) in [7, 11) is -3.75. The molecule has 2 aliphatic rings. The molecule has 0 aliphatic carbocycles. The molecular formula is C17H24N4O4S. The van der Waals surface area contributed by atoms with E-state index in [0.717, 1.165) is 19.4 Å². The van der Waals surface area contributed by atoms with E-state index in [-0.39, 0.29) is 28.7 Å². The van der Waals surface area contributed by atoms with Crippen molar-refractivity contribution >= 4 is 27.5 Å². The number of amides is 2. The number of primary sulfonamides is 1. The van der Waals surface area contributed by atoms with Gasteiger partial charge in [-0.25, -0.2) is 13.6 Å². The maximum atomic E-state index is 12.4. The number of nitrogens with two attached hydrogens (primary N) is 1. The first-order valence-electron chi connectivity index (χ1n) is 8.80. The predicted molar refractivity (Wildman–Crippen MR) is 96.8 cm³/mol. The van der Waals surface area contributed by atoms with Crippen LogP contribution in [-0.4, -0.2) is 50.8 Å². The number of nitrogens with one attached hydrogen (secondary N) is 2. The summed E-state index contributed by atoms with van der Waals surface area (Å²) in [4.78, 5) is 26.6. The minimum atomic E-state index is -3.75.